The summed E-state index contributed by atoms with van der Waals surface area (Å²) in [5.41, 5.74) is 0.499. The third kappa shape index (κ3) is 4.12. The second kappa shape index (κ2) is 7.02. The lowest BCUT2D eigenvalue weighted by atomic mass is 10.2. The molecule has 128 valence electrons. The van der Waals surface area contributed by atoms with Crippen LogP contribution < -0.4 is 10.1 Å². The van der Waals surface area contributed by atoms with Crippen molar-refractivity contribution in [3.63, 3.8) is 0 Å². The van der Waals surface area contributed by atoms with E-state index in [9.17, 15) is 13.2 Å². The van der Waals surface area contributed by atoms with Crippen LogP contribution in [0.1, 0.15) is 15.9 Å². The Bertz CT molecular complexity index is 886. The average Bonchev–Trinajstić information content (AvgIpc) is 2.51. The molecule has 1 aromatic carbocycles. The predicted octanol–water partition coefficient (Wildman–Crippen LogP) is 1.85. The monoisotopic (exact) mass is 371 g/mol. The van der Waals surface area contributed by atoms with Gasteiger partial charge >= 0.3 is 5.97 Å². The molecule has 1 heterocycles. The van der Waals surface area contributed by atoms with Crippen LogP contribution in [0.15, 0.2) is 29.6 Å². The second-order valence-corrected chi connectivity index (χ2v) is 7.13. The van der Waals surface area contributed by atoms with Crippen LogP contribution >= 0.6 is 11.6 Å². The molecule has 8 nitrogen and oxygen atoms in total. The van der Waals surface area contributed by atoms with Crippen molar-refractivity contribution >= 4 is 33.2 Å². The molecule has 0 atom stereocenters. The number of nitrogens with zero attached hydrogens (tertiary/aromatic N) is 2. The molecule has 0 amide bonds. The summed E-state index contributed by atoms with van der Waals surface area (Å²) >= 11 is 6.03. The van der Waals surface area contributed by atoms with Crippen LogP contribution in [0.3, 0.4) is 0 Å². The zero-order chi connectivity index (χ0) is 17.9. The third-order valence-electron chi connectivity index (χ3n) is 3.00. The van der Waals surface area contributed by atoms with Gasteiger partial charge in [0.05, 0.1) is 12.1 Å². The topological polar surface area (TPSA) is 118 Å². The van der Waals surface area contributed by atoms with E-state index >= 15 is 0 Å². The highest BCUT2D eigenvalue weighted by molar-refractivity contribution is 7.90. The minimum atomic E-state index is -3.66. The zero-order valence-electron chi connectivity index (χ0n) is 12.8. The van der Waals surface area contributed by atoms with E-state index < -0.39 is 21.0 Å². The van der Waals surface area contributed by atoms with Crippen LogP contribution in [0.25, 0.3) is 0 Å². The summed E-state index contributed by atoms with van der Waals surface area (Å²) in [6.07, 6.45) is 1.89. The summed E-state index contributed by atoms with van der Waals surface area (Å²) in [4.78, 5) is 18.6. The molecular formula is C14H14ClN3O5S. The first kappa shape index (κ1) is 18.0. The molecule has 0 aliphatic rings. The minimum absolute atomic E-state index is 0.0927. The summed E-state index contributed by atoms with van der Waals surface area (Å²) in [5, 5.41) is 11.9. The Hall–Kier alpha value is -2.39. The Labute approximate surface area is 143 Å². The Kier molecular flexibility index (Phi) is 5.25. The van der Waals surface area contributed by atoms with Crippen molar-refractivity contribution in [1.82, 2.24) is 9.97 Å². The number of carboxylic acid groups (broad SMARTS) is 1. The molecule has 24 heavy (non-hydrogen) atoms. The lowest BCUT2D eigenvalue weighted by Gasteiger charge is -2.10. The molecule has 0 radical (unpaired) electrons. The molecule has 2 N–H and O–H groups in total. The Balaban J connectivity index is 2.30. The van der Waals surface area contributed by atoms with Crippen molar-refractivity contribution in [2.24, 2.45) is 0 Å². The van der Waals surface area contributed by atoms with E-state index in [1.807, 2.05) is 0 Å². The molecular weight excluding hydrogens is 358 g/mol. The van der Waals surface area contributed by atoms with E-state index in [4.69, 9.17) is 21.4 Å². The Morgan fingerprint density at radius 3 is 2.67 bits per heavy atom. The molecule has 0 bridgehead atoms. The van der Waals surface area contributed by atoms with E-state index in [0.29, 0.717) is 10.8 Å². The van der Waals surface area contributed by atoms with Gasteiger partial charge in [0.1, 0.15) is 17.1 Å². The molecule has 1 aromatic heterocycles. The number of anilines is 1. The number of rotatable bonds is 6. The maximum Gasteiger partial charge on any atom is 0.341 e. The summed E-state index contributed by atoms with van der Waals surface area (Å²) in [6.45, 7) is 0.185. The maximum atomic E-state index is 11.5. The molecule has 0 spiro atoms. The van der Waals surface area contributed by atoms with E-state index in [1.54, 1.807) is 18.2 Å². The number of ether oxygens (including phenoxy) is 1. The first-order valence-corrected chi connectivity index (χ1v) is 8.86. The second-order valence-electron chi connectivity index (χ2n) is 4.81. The van der Waals surface area contributed by atoms with Gasteiger partial charge in [-0.15, -0.1) is 0 Å². The minimum Gasteiger partial charge on any atom is -0.495 e. The third-order valence-corrected chi connectivity index (χ3v) is 4.16. The van der Waals surface area contributed by atoms with Crippen molar-refractivity contribution in [1.29, 1.82) is 0 Å². The average molecular weight is 372 g/mol. The van der Waals surface area contributed by atoms with Crippen molar-refractivity contribution < 1.29 is 23.1 Å². The number of sulfone groups is 1. The number of nitrogens with one attached hydrogen (secondary N) is 1. The van der Waals surface area contributed by atoms with Crippen LogP contribution in [0, 0.1) is 0 Å². The van der Waals surface area contributed by atoms with Gasteiger partial charge in [0, 0.05) is 19.0 Å². The fourth-order valence-electron chi connectivity index (χ4n) is 1.84. The number of benzene rings is 1. The predicted molar refractivity (Wildman–Crippen MR) is 87.4 cm³/mol. The highest BCUT2D eigenvalue weighted by Crippen LogP contribution is 2.25. The number of carbonyl (C=O) groups is 1. The van der Waals surface area contributed by atoms with Gasteiger partial charge in [-0.05, 0) is 17.7 Å². The van der Waals surface area contributed by atoms with E-state index in [-0.39, 0.29) is 17.9 Å². The van der Waals surface area contributed by atoms with Crippen LogP contribution in [-0.4, -0.2) is 42.8 Å². The number of hydrogen-bond acceptors (Lipinski definition) is 7. The molecule has 2 rings (SSSR count). The molecule has 0 unspecified atom stereocenters. The fraction of sp³-hybridized carbons (Fsp3) is 0.214. The Morgan fingerprint density at radius 1 is 1.42 bits per heavy atom. The molecule has 0 aliphatic carbocycles. The highest BCUT2D eigenvalue weighted by Gasteiger charge is 2.18. The quantitative estimate of drug-likeness (QED) is 0.738. The normalized spacial score (nSPS) is 11.1. The molecule has 0 saturated heterocycles. The van der Waals surface area contributed by atoms with E-state index in [1.165, 1.54) is 7.11 Å². The number of aromatic carboxylic acids is 1. The molecule has 2 aromatic rings. The lowest BCUT2D eigenvalue weighted by molar-refractivity contribution is 0.0696. The number of methoxy groups -OCH3 is 1. The van der Waals surface area contributed by atoms with Crippen molar-refractivity contribution in [2.45, 2.75) is 11.7 Å². The molecule has 0 fully saturated rings. The summed E-state index contributed by atoms with van der Waals surface area (Å²) in [5.74, 6) is -0.858. The van der Waals surface area contributed by atoms with Crippen LogP contribution in [0.2, 0.25) is 5.02 Å². The first-order valence-electron chi connectivity index (χ1n) is 6.59. The van der Waals surface area contributed by atoms with Gasteiger partial charge in [0.2, 0.25) is 15.0 Å². The van der Waals surface area contributed by atoms with Gasteiger partial charge in [-0.3, -0.25) is 0 Å². The first-order chi connectivity index (χ1) is 11.2. The van der Waals surface area contributed by atoms with Crippen molar-refractivity contribution in [2.75, 3.05) is 18.7 Å². The van der Waals surface area contributed by atoms with Crippen LogP contribution in [0.4, 0.5) is 5.82 Å². The summed E-state index contributed by atoms with van der Waals surface area (Å²) < 4.78 is 28.1. The Morgan fingerprint density at radius 2 is 2.12 bits per heavy atom. The van der Waals surface area contributed by atoms with Gasteiger partial charge in [-0.2, -0.15) is 0 Å². The van der Waals surface area contributed by atoms with E-state index in [2.05, 4.69) is 15.3 Å². The summed E-state index contributed by atoms with van der Waals surface area (Å²) in [6, 6.07) is 5.04. The van der Waals surface area contributed by atoms with Gasteiger partial charge in [-0.25, -0.2) is 23.2 Å². The number of halogens is 1. The fourth-order valence-corrected chi connectivity index (χ4v) is 2.62. The molecule has 0 saturated carbocycles. The number of carboxylic acids is 1. The van der Waals surface area contributed by atoms with Crippen LogP contribution in [-0.2, 0) is 16.4 Å². The number of aromatic nitrogens is 2. The van der Waals surface area contributed by atoms with Crippen LogP contribution in [0.5, 0.6) is 5.75 Å². The largest absolute Gasteiger partial charge is 0.495 e. The molecule has 0 aliphatic heterocycles. The van der Waals surface area contributed by atoms with Gasteiger partial charge in [-0.1, -0.05) is 17.7 Å². The SMILES string of the molecule is COc1ccc(CNc2nc(S(C)(=O)=O)ncc2C(=O)O)cc1Cl. The van der Waals surface area contributed by atoms with Crippen molar-refractivity contribution in [3.05, 3.63) is 40.5 Å². The number of hydrogen-bond donors (Lipinski definition) is 2. The summed E-state index contributed by atoms with van der Waals surface area (Å²) in [7, 11) is -2.17. The zero-order valence-corrected chi connectivity index (χ0v) is 14.3. The van der Waals surface area contributed by atoms with Gasteiger partial charge < -0.3 is 15.2 Å². The maximum absolute atomic E-state index is 11.5. The van der Waals surface area contributed by atoms with Crippen molar-refractivity contribution in [3.8, 4) is 5.75 Å². The van der Waals surface area contributed by atoms with E-state index in [0.717, 1.165) is 18.0 Å². The molecule has 10 heteroatoms. The lowest BCUT2D eigenvalue weighted by Crippen LogP contribution is -2.13. The highest BCUT2D eigenvalue weighted by atomic mass is 35.5. The van der Waals surface area contributed by atoms with Gasteiger partial charge in [0.25, 0.3) is 0 Å². The smallest absolute Gasteiger partial charge is 0.341 e. The standard InChI is InChI=1S/C14H14ClN3O5S/c1-23-11-4-3-8(5-10(11)15)6-16-12-9(13(19)20)7-17-14(18-12)24(2,21)22/h3-5,7H,6H2,1-2H3,(H,19,20)(H,16,17,18). The van der Waals surface area contributed by atoms with Gasteiger partial charge in [0.15, 0.2) is 0 Å².